The minimum Gasteiger partial charge on any atom is -0.382 e. The largest absolute Gasteiger partial charge is 0.382 e. The average Bonchev–Trinajstić information content (AvgIpc) is 2.72. The number of rotatable bonds is 4. The number of aromatic amines is 1. The van der Waals surface area contributed by atoms with E-state index in [-0.39, 0.29) is 12.2 Å². The van der Waals surface area contributed by atoms with E-state index in [1.807, 2.05) is 0 Å². The Kier molecular flexibility index (Phi) is 3.95. The number of hydrogen-bond donors (Lipinski definition) is 1. The third-order valence-electron chi connectivity index (χ3n) is 2.98. The molecule has 1 saturated heterocycles. The Morgan fingerprint density at radius 3 is 2.89 bits per heavy atom. The first-order valence-corrected chi connectivity index (χ1v) is 5.64. The van der Waals surface area contributed by atoms with E-state index in [1.165, 1.54) is 16.8 Å². The molecule has 0 amide bonds. The van der Waals surface area contributed by atoms with Crippen LogP contribution >= 0.6 is 0 Å². The summed E-state index contributed by atoms with van der Waals surface area (Å²) >= 11 is 0. The fourth-order valence-electron chi connectivity index (χ4n) is 2.09. The topological polar surface area (TPSA) is 82.5 Å². The van der Waals surface area contributed by atoms with Gasteiger partial charge in [0.15, 0.2) is 0 Å². The van der Waals surface area contributed by atoms with E-state index in [0.29, 0.717) is 13.0 Å². The van der Waals surface area contributed by atoms with E-state index >= 15 is 0 Å². The van der Waals surface area contributed by atoms with Gasteiger partial charge in [-0.2, -0.15) is 0 Å². The van der Waals surface area contributed by atoms with Crippen LogP contribution in [0.25, 0.3) is 0 Å². The molecule has 0 spiro atoms. The van der Waals surface area contributed by atoms with Crippen molar-refractivity contribution in [2.24, 2.45) is 0 Å². The minimum atomic E-state index is -0.486. The van der Waals surface area contributed by atoms with Crippen LogP contribution in [0.1, 0.15) is 12.6 Å². The first kappa shape index (κ1) is 13.0. The van der Waals surface area contributed by atoms with Crippen LogP contribution in [0.2, 0.25) is 0 Å². The molecule has 1 aromatic heterocycles. The summed E-state index contributed by atoms with van der Waals surface area (Å²) < 4.78 is 17.4. The summed E-state index contributed by atoms with van der Waals surface area (Å²) in [6.45, 7) is 0.396. The van der Waals surface area contributed by atoms with Crippen LogP contribution in [-0.2, 0) is 14.2 Å². The number of nitrogens with zero attached hydrogens (tertiary/aromatic N) is 1. The lowest BCUT2D eigenvalue weighted by Gasteiger charge is -2.16. The van der Waals surface area contributed by atoms with Crippen LogP contribution in [0.15, 0.2) is 21.9 Å². The molecule has 0 bridgehead atoms. The smallest absolute Gasteiger partial charge is 0.330 e. The molecular formula is C11H16N2O5. The highest BCUT2D eigenvalue weighted by atomic mass is 16.6. The summed E-state index contributed by atoms with van der Waals surface area (Å²) in [5.41, 5.74) is -0.911. The molecule has 0 saturated carbocycles. The molecule has 0 aliphatic carbocycles. The monoisotopic (exact) mass is 256 g/mol. The minimum absolute atomic E-state index is 0.131. The summed E-state index contributed by atoms with van der Waals surface area (Å²) in [4.78, 5) is 24.8. The van der Waals surface area contributed by atoms with Gasteiger partial charge in [0.25, 0.3) is 5.56 Å². The fourth-order valence-corrected chi connectivity index (χ4v) is 2.09. The maximum Gasteiger partial charge on any atom is 0.330 e. The summed E-state index contributed by atoms with van der Waals surface area (Å²) in [6, 6.07) is 1.29. The Morgan fingerprint density at radius 2 is 2.28 bits per heavy atom. The lowest BCUT2D eigenvalue weighted by molar-refractivity contribution is -0.0618. The molecule has 0 radical (unpaired) electrons. The molecule has 2 heterocycles. The van der Waals surface area contributed by atoms with Gasteiger partial charge in [0.2, 0.25) is 0 Å². The second-order valence-electron chi connectivity index (χ2n) is 4.11. The zero-order valence-corrected chi connectivity index (χ0v) is 10.3. The van der Waals surface area contributed by atoms with Crippen LogP contribution in [0.4, 0.5) is 0 Å². The average molecular weight is 256 g/mol. The van der Waals surface area contributed by atoms with Gasteiger partial charge in [-0.15, -0.1) is 0 Å². The first-order chi connectivity index (χ1) is 8.65. The molecule has 7 nitrogen and oxygen atoms in total. The molecule has 1 aliphatic rings. The van der Waals surface area contributed by atoms with Crippen molar-refractivity contribution in [2.75, 3.05) is 20.8 Å². The lowest BCUT2D eigenvalue weighted by atomic mass is 10.2. The van der Waals surface area contributed by atoms with Gasteiger partial charge in [-0.25, -0.2) is 4.79 Å². The normalized spacial score (nSPS) is 27.6. The number of ether oxygens (including phenoxy) is 3. The lowest BCUT2D eigenvalue weighted by Crippen LogP contribution is -2.31. The standard InChI is InChI=1S/C11H16N2O5/c1-16-6-8-7(17-2)5-10(18-8)13-4-3-9(14)12-11(13)15/h3-4,7-8,10H,5-6H2,1-2H3,(H,12,14,15)/t7-,8+,10+/m0/s1. The highest BCUT2D eigenvalue weighted by molar-refractivity contribution is 4.88. The van der Waals surface area contributed by atoms with Crippen LogP contribution in [0.3, 0.4) is 0 Å². The number of aromatic nitrogens is 2. The van der Waals surface area contributed by atoms with Gasteiger partial charge < -0.3 is 14.2 Å². The molecule has 3 atom stereocenters. The third-order valence-corrected chi connectivity index (χ3v) is 2.98. The summed E-state index contributed by atoms with van der Waals surface area (Å²) in [7, 11) is 3.17. The molecule has 18 heavy (non-hydrogen) atoms. The maximum atomic E-state index is 11.6. The number of hydrogen-bond acceptors (Lipinski definition) is 5. The summed E-state index contributed by atoms with van der Waals surface area (Å²) in [6.07, 6.45) is 1.17. The van der Waals surface area contributed by atoms with Crippen molar-refractivity contribution < 1.29 is 14.2 Å². The van der Waals surface area contributed by atoms with Gasteiger partial charge in [0.05, 0.1) is 12.7 Å². The van der Waals surface area contributed by atoms with Gasteiger partial charge in [0.1, 0.15) is 12.3 Å². The number of nitrogens with one attached hydrogen (secondary N) is 1. The zero-order valence-electron chi connectivity index (χ0n) is 10.3. The Morgan fingerprint density at radius 1 is 1.50 bits per heavy atom. The molecule has 0 aromatic carbocycles. The second kappa shape index (κ2) is 5.47. The van der Waals surface area contributed by atoms with E-state index in [0.717, 1.165) is 0 Å². The highest BCUT2D eigenvalue weighted by Gasteiger charge is 2.36. The van der Waals surface area contributed by atoms with Gasteiger partial charge in [0, 0.05) is 32.9 Å². The Bertz CT molecular complexity index is 509. The zero-order chi connectivity index (χ0) is 13.1. The number of methoxy groups -OCH3 is 2. The Balaban J connectivity index is 2.20. The van der Waals surface area contributed by atoms with Crippen molar-refractivity contribution in [3.8, 4) is 0 Å². The van der Waals surface area contributed by atoms with Crippen molar-refractivity contribution in [1.82, 2.24) is 9.55 Å². The predicted octanol–water partition coefficient (Wildman–Crippen LogP) is -0.514. The van der Waals surface area contributed by atoms with E-state index in [9.17, 15) is 9.59 Å². The molecule has 1 aromatic rings. The van der Waals surface area contributed by atoms with Gasteiger partial charge in [-0.1, -0.05) is 0 Å². The van der Waals surface area contributed by atoms with Gasteiger partial charge in [-0.05, 0) is 0 Å². The SMILES string of the molecule is COC[C@H]1O[C@@H](n2ccc(=O)[nH]c2=O)C[C@@H]1OC. The van der Waals surface area contributed by atoms with Crippen molar-refractivity contribution in [1.29, 1.82) is 0 Å². The third kappa shape index (κ3) is 2.53. The van der Waals surface area contributed by atoms with E-state index in [2.05, 4.69) is 4.98 Å². The molecule has 100 valence electrons. The molecular weight excluding hydrogens is 240 g/mol. The molecule has 7 heteroatoms. The Hall–Kier alpha value is -1.44. The van der Waals surface area contributed by atoms with Crippen LogP contribution in [-0.4, -0.2) is 42.6 Å². The fraction of sp³-hybridized carbons (Fsp3) is 0.636. The molecule has 0 unspecified atom stereocenters. The van der Waals surface area contributed by atoms with Crippen molar-refractivity contribution in [2.45, 2.75) is 24.9 Å². The van der Waals surface area contributed by atoms with Crippen molar-refractivity contribution >= 4 is 0 Å². The number of H-pyrrole nitrogens is 1. The molecule has 2 rings (SSSR count). The highest BCUT2D eigenvalue weighted by Crippen LogP contribution is 2.29. The molecule has 1 N–H and O–H groups in total. The van der Waals surface area contributed by atoms with E-state index in [4.69, 9.17) is 14.2 Å². The van der Waals surface area contributed by atoms with Gasteiger partial charge in [-0.3, -0.25) is 14.3 Å². The first-order valence-electron chi connectivity index (χ1n) is 5.64. The molecule has 1 fully saturated rings. The quantitative estimate of drug-likeness (QED) is 0.784. The van der Waals surface area contributed by atoms with Crippen molar-refractivity contribution in [3.05, 3.63) is 33.1 Å². The summed E-state index contributed by atoms with van der Waals surface area (Å²) in [5, 5.41) is 0. The Labute approximate surface area is 103 Å². The van der Waals surface area contributed by atoms with Gasteiger partial charge >= 0.3 is 5.69 Å². The van der Waals surface area contributed by atoms with E-state index < -0.39 is 17.5 Å². The summed E-state index contributed by atoms with van der Waals surface area (Å²) in [5.74, 6) is 0. The van der Waals surface area contributed by atoms with Crippen LogP contribution in [0, 0.1) is 0 Å². The van der Waals surface area contributed by atoms with E-state index in [1.54, 1.807) is 14.2 Å². The maximum absolute atomic E-state index is 11.6. The molecule has 1 aliphatic heterocycles. The second-order valence-corrected chi connectivity index (χ2v) is 4.11. The van der Waals surface area contributed by atoms with Crippen LogP contribution in [0.5, 0.6) is 0 Å². The van der Waals surface area contributed by atoms with Crippen LogP contribution < -0.4 is 11.2 Å². The van der Waals surface area contributed by atoms with Crippen molar-refractivity contribution in [3.63, 3.8) is 0 Å². The predicted molar refractivity (Wildman–Crippen MR) is 62.5 cm³/mol.